The molecule has 1 atom stereocenters. The van der Waals surface area contributed by atoms with Crippen molar-refractivity contribution < 1.29 is 18.0 Å². The maximum Gasteiger partial charge on any atom is 0.244 e. The quantitative estimate of drug-likeness (QED) is 0.592. The highest BCUT2D eigenvalue weighted by Crippen LogP contribution is 2.24. The second-order valence-corrected chi connectivity index (χ2v) is 9.71. The second kappa shape index (κ2) is 11.1. The molecule has 2 rings (SSSR count). The number of rotatable bonds is 10. The van der Waals surface area contributed by atoms with Crippen molar-refractivity contribution >= 4 is 27.5 Å². The van der Waals surface area contributed by atoms with Gasteiger partial charge < -0.3 is 10.2 Å². The van der Waals surface area contributed by atoms with Crippen molar-refractivity contribution in [2.24, 2.45) is 0 Å². The van der Waals surface area contributed by atoms with Crippen molar-refractivity contribution in [1.82, 2.24) is 10.2 Å². The van der Waals surface area contributed by atoms with Gasteiger partial charge in [0.25, 0.3) is 0 Å². The van der Waals surface area contributed by atoms with Gasteiger partial charge in [-0.15, -0.1) is 0 Å². The average Bonchev–Trinajstić information content (AvgIpc) is 2.76. The number of amides is 2. The molecule has 32 heavy (non-hydrogen) atoms. The molecule has 2 aromatic carbocycles. The van der Waals surface area contributed by atoms with Gasteiger partial charge in [-0.3, -0.25) is 13.9 Å². The fourth-order valence-corrected chi connectivity index (χ4v) is 4.62. The molecule has 0 fully saturated rings. The molecule has 8 heteroatoms. The monoisotopic (exact) mass is 459 g/mol. The Bertz CT molecular complexity index is 1050. The van der Waals surface area contributed by atoms with Gasteiger partial charge in [-0.05, 0) is 37.0 Å². The van der Waals surface area contributed by atoms with Crippen LogP contribution in [0.15, 0.2) is 48.5 Å². The predicted molar refractivity (Wildman–Crippen MR) is 128 cm³/mol. The Kier molecular flexibility index (Phi) is 8.83. The molecule has 0 aliphatic heterocycles. The largest absolute Gasteiger partial charge is 0.357 e. The molecule has 174 valence electrons. The van der Waals surface area contributed by atoms with Crippen LogP contribution >= 0.6 is 0 Å². The fraction of sp³-hybridized carbons (Fsp3) is 0.417. The van der Waals surface area contributed by atoms with Crippen LogP contribution in [0.25, 0.3) is 0 Å². The van der Waals surface area contributed by atoms with Gasteiger partial charge in [0.1, 0.15) is 12.6 Å². The highest BCUT2D eigenvalue weighted by Gasteiger charge is 2.31. The van der Waals surface area contributed by atoms with E-state index in [1.54, 1.807) is 12.1 Å². The zero-order valence-electron chi connectivity index (χ0n) is 19.5. The highest BCUT2D eigenvalue weighted by molar-refractivity contribution is 7.92. The third-order valence-electron chi connectivity index (χ3n) is 5.39. The number of hydrogen-bond donors (Lipinski definition) is 1. The van der Waals surface area contributed by atoms with Crippen LogP contribution in [-0.2, 0) is 32.6 Å². The predicted octanol–water partition coefficient (Wildman–Crippen LogP) is 2.88. The van der Waals surface area contributed by atoms with E-state index in [4.69, 9.17) is 0 Å². The number of nitrogens with zero attached hydrogens (tertiary/aromatic N) is 2. The second-order valence-electron chi connectivity index (χ2n) is 7.80. The summed E-state index contributed by atoms with van der Waals surface area (Å²) < 4.78 is 26.5. The highest BCUT2D eigenvalue weighted by atomic mass is 32.2. The zero-order valence-corrected chi connectivity index (χ0v) is 20.3. The van der Waals surface area contributed by atoms with Crippen LogP contribution in [0, 0.1) is 6.92 Å². The summed E-state index contributed by atoms with van der Waals surface area (Å²) in [5.41, 5.74) is 3.22. The maximum atomic E-state index is 13.5. The summed E-state index contributed by atoms with van der Waals surface area (Å²) in [4.78, 5) is 27.6. The van der Waals surface area contributed by atoms with E-state index in [1.807, 2.05) is 57.2 Å². The summed E-state index contributed by atoms with van der Waals surface area (Å²) in [6, 6.07) is 14.1. The van der Waals surface area contributed by atoms with Crippen molar-refractivity contribution in [1.29, 1.82) is 0 Å². The molecule has 0 radical (unpaired) electrons. The Morgan fingerprint density at radius 1 is 1.06 bits per heavy atom. The lowest BCUT2D eigenvalue weighted by molar-refractivity contribution is -0.140. The standard InChI is InChI=1S/C24H33N3O4S/c1-6-20-13-8-9-14-22(20)27(32(5,30)31)17-23(28)26(21(7-2)24(29)25-4)16-19-12-10-11-18(3)15-19/h8-15,21H,6-7,16-17H2,1-5H3,(H,25,29). The molecular weight excluding hydrogens is 426 g/mol. The molecule has 0 heterocycles. The number of carbonyl (C=O) groups excluding carboxylic acids is 2. The number of anilines is 1. The molecule has 7 nitrogen and oxygen atoms in total. The molecule has 0 saturated carbocycles. The maximum absolute atomic E-state index is 13.5. The average molecular weight is 460 g/mol. The summed E-state index contributed by atoms with van der Waals surface area (Å²) in [5, 5.41) is 2.62. The van der Waals surface area contributed by atoms with Crippen LogP contribution in [-0.4, -0.2) is 51.0 Å². The Morgan fingerprint density at radius 3 is 2.31 bits per heavy atom. The van der Waals surface area contributed by atoms with E-state index >= 15 is 0 Å². The Labute approximate surface area is 191 Å². The van der Waals surface area contributed by atoms with Gasteiger partial charge in [-0.2, -0.15) is 0 Å². The van der Waals surface area contributed by atoms with E-state index in [1.165, 1.54) is 11.9 Å². The van der Waals surface area contributed by atoms with Gasteiger partial charge in [-0.1, -0.05) is 61.9 Å². The summed E-state index contributed by atoms with van der Waals surface area (Å²) in [5.74, 6) is -0.716. The van der Waals surface area contributed by atoms with E-state index in [9.17, 15) is 18.0 Å². The van der Waals surface area contributed by atoms with Crippen LogP contribution in [0.2, 0.25) is 0 Å². The Balaban J connectivity index is 2.47. The molecule has 2 amide bonds. The molecule has 1 N–H and O–H groups in total. The van der Waals surface area contributed by atoms with Crippen LogP contribution in [0.1, 0.15) is 37.0 Å². The summed E-state index contributed by atoms with van der Waals surface area (Å²) in [6.45, 7) is 5.55. The fourth-order valence-electron chi connectivity index (χ4n) is 3.74. The topological polar surface area (TPSA) is 86.8 Å². The molecule has 0 saturated heterocycles. The van der Waals surface area contributed by atoms with Crippen molar-refractivity contribution in [3.8, 4) is 0 Å². The first-order valence-electron chi connectivity index (χ1n) is 10.7. The zero-order chi connectivity index (χ0) is 23.9. The molecule has 0 aliphatic rings. The van der Waals surface area contributed by atoms with Gasteiger partial charge in [0.15, 0.2) is 0 Å². The smallest absolute Gasteiger partial charge is 0.244 e. The Hall–Kier alpha value is -2.87. The van der Waals surface area contributed by atoms with E-state index < -0.39 is 22.0 Å². The summed E-state index contributed by atoms with van der Waals surface area (Å²) in [7, 11) is -2.20. The van der Waals surface area contributed by atoms with Gasteiger partial charge in [-0.25, -0.2) is 8.42 Å². The Morgan fingerprint density at radius 2 is 1.75 bits per heavy atom. The summed E-state index contributed by atoms with van der Waals surface area (Å²) in [6.07, 6.45) is 2.12. The molecule has 0 aromatic heterocycles. The van der Waals surface area contributed by atoms with Crippen LogP contribution in [0.5, 0.6) is 0 Å². The lowest BCUT2D eigenvalue weighted by Crippen LogP contribution is -2.51. The number of benzene rings is 2. The molecule has 1 unspecified atom stereocenters. The van der Waals surface area contributed by atoms with Gasteiger partial charge >= 0.3 is 0 Å². The number of hydrogen-bond acceptors (Lipinski definition) is 4. The van der Waals surface area contributed by atoms with E-state index in [-0.39, 0.29) is 19.0 Å². The van der Waals surface area contributed by atoms with Crippen LogP contribution in [0.4, 0.5) is 5.69 Å². The third-order valence-corrected chi connectivity index (χ3v) is 6.51. The normalized spacial score (nSPS) is 12.2. The number of aryl methyl sites for hydroxylation is 2. The third kappa shape index (κ3) is 6.32. The molecule has 0 aliphatic carbocycles. The van der Waals surface area contributed by atoms with Crippen molar-refractivity contribution in [2.45, 2.75) is 46.2 Å². The van der Waals surface area contributed by atoms with Crippen LogP contribution < -0.4 is 9.62 Å². The lowest BCUT2D eigenvalue weighted by Gasteiger charge is -2.33. The van der Waals surface area contributed by atoms with Gasteiger partial charge in [0.05, 0.1) is 11.9 Å². The first kappa shape index (κ1) is 25.4. The van der Waals surface area contributed by atoms with E-state index in [2.05, 4.69) is 5.32 Å². The minimum atomic E-state index is -3.73. The molecular formula is C24H33N3O4S. The van der Waals surface area contributed by atoms with Crippen molar-refractivity contribution in [2.75, 3.05) is 24.2 Å². The van der Waals surface area contributed by atoms with Crippen LogP contribution in [0.3, 0.4) is 0 Å². The first-order chi connectivity index (χ1) is 15.1. The molecule has 0 bridgehead atoms. The van der Waals surface area contributed by atoms with Gasteiger partial charge in [0.2, 0.25) is 21.8 Å². The van der Waals surface area contributed by atoms with E-state index in [0.29, 0.717) is 18.5 Å². The molecule has 0 spiro atoms. The lowest BCUT2D eigenvalue weighted by atomic mass is 10.1. The van der Waals surface area contributed by atoms with Crippen molar-refractivity contribution in [3.05, 3.63) is 65.2 Å². The number of carbonyl (C=O) groups is 2. The number of sulfonamides is 1. The minimum Gasteiger partial charge on any atom is -0.357 e. The molecule has 2 aromatic rings. The van der Waals surface area contributed by atoms with Gasteiger partial charge in [0, 0.05) is 13.6 Å². The number of para-hydroxylation sites is 1. The SMILES string of the molecule is CCc1ccccc1N(CC(=O)N(Cc1cccc(C)c1)C(CC)C(=O)NC)S(C)(=O)=O. The minimum absolute atomic E-state index is 0.208. The van der Waals surface area contributed by atoms with Crippen molar-refractivity contribution in [3.63, 3.8) is 0 Å². The van der Waals surface area contributed by atoms with E-state index in [0.717, 1.165) is 27.3 Å². The number of likely N-dealkylation sites (N-methyl/N-ethyl adjacent to an activating group) is 1. The summed E-state index contributed by atoms with van der Waals surface area (Å²) >= 11 is 0. The number of nitrogens with one attached hydrogen (secondary N) is 1. The first-order valence-corrected chi connectivity index (χ1v) is 12.6.